The van der Waals surface area contributed by atoms with E-state index in [4.69, 9.17) is 4.74 Å². The van der Waals surface area contributed by atoms with Crippen LogP contribution in [0.4, 0.5) is 0 Å². The van der Waals surface area contributed by atoms with Crippen LogP contribution in [0.5, 0.6) is 5.75 Å². The maximum Gasteiger partial charge on any atom is 0.127 e. The molecule has 1 aromatic carbocycles. The van der Waals surface area contributed by atoms with Crippen molar-refractivity contribution in [3.63, 3.8) is 0 Å². The third-order valence-corrected chi connectivity index (χ3v) is 3.72. The zero-order chi connectivity index (χ0) is 13.2. The Kier molecular flexibility index (Phi) is 4.56. The quantitative estimate of drug-likeness (QED) is 0.777. The number of hydrogen-bond donors (Lipinski definition) is 0. The second-order valence-corrected chi connectivity index (χ2v) is 5.29. The number of rotatable bonds is 1. The molecule has 0 aromatic heterocycles. The van der Waals surface area contributed by atoms with E-state index in [1.165, 1.54) is 5.70 Å². The second kappa shape index (κ2) is 6.19. The number of para-hydroxylation sites is 1. The van der Waals surface area contributed by atoms with Crippen LogP contribution in [0.1, 0.15) is 12.0 Å². The molecule has 1 aliphatic carbocycles. The maximum atomic E-state index is 6.17. The van der Waals surface area contributed by atoms with Crippen molar-refractivity contribution < 1.29 is 4.74 Å². The predicted octanol–water partition coefficient (Wildman–Crippen LogP) is 3.90. The highest BCUT2D eigenvalue weighted by atomic mass is 35.5. The first-order chi connectivity index (χ1) is 9.24. The summed E-state index contributed by atoms with van der Waals surface area (Å²) in [6, 6.07) is 8.25. The number of allylic oxidation sites excluding steroid dienone is 3. The lowest BCUT2D eigenvalue weighted by Gasteiger charge is -2.31. The van der Waals surface area contributed by atoms with E-state index < -0.39 is 0 Å². The Morgan fingerprint density at radius 1 is 1.10 bits per heavy atom. The van der Waals surface area contributed by atoms with Gasteiger partial charge in [0.25, 0.3) is 0 Å². The predicted molar refractivity (Wildman–Crippen MR) is 86.2 cm³/mol. The maximum absolute atomic E-state index is 6.17. The van der Waals surface area contributed by atoms with Crippen molar-refractivity contribution in [2.24, 2.45) is 5.92 Å². The van der Waals surface area contributed by atoms with Gasteiger partial charge in [-0.25, -0.2) is 0 Å². The van der Waals surface area contributed by atoms with Crippen LogP contribution in [0.25, 0.3) is 6.08 Å². The molecule has 2 aliphatic rings. The van der Waals surface area contributed by atoms with Gasteiger partial charge in [-0.05, 0) is 24.6 Å². The first-order valence-electron chi connectivity index (χ1n) is 6.72. The minimum atomic E-state index is 0. The van der Waals surface area contributed by atoms with Crippen LogP contribution in [-0.4, -0.2) is 25.1 Å². The van der Waals surface area contributed by atoms with Crippen LogP contribution in [0, 0.1) is 5.92 Å². The average Bonchev–Trinajstić information content (AvgIpc) is 2.38. The molecule has 2 atom stereocenters. The van der Waals surface area contributed by atoms with Gasteiger partial charge >= 0.3 is 0 Å². The summed E-state index contributed by atoms with van der Waals surface area (Å²) in [5, 5.41) is 0. The lowest BCUT2D eigenvalue weighted by Crippen LogP contribution is -2.29. The summed E-state index contributed by atoms with van der Waals surface area (Å²) < 4.78 is 6.17. The first kappa shape index (κ1) is 14.7. The molecular weight excluding hydrogens is 270 g/mol. The van der Waals surface area contributed by atoms with Crippen LogP contribution < -0.4 is 4.74 Å². The first-order valence-corrected chi connectivity index (χ1v) is 6.72. The molecule has 106 valence electrons. The monoisotopic (exact) mass is 289 g/mol. The van der Waals surface area contributed by atoms with Gasteiger partial charge in [0.05, 0.1) is 0 Å². The Hall–Kier alpha value is -1.67. The average molecular weight is 290 g/mol. The van der Waals surface area contributed by atoms with Gasteiger partial charge in [0.1, 0.15) is 11.9 Å². The fourth-order valence-electron chi connectivity index (χ4n) is 2.59. The van der Waals surface area contributed by atoms with Gasteiger partial charge in [-0.2, -0.15) is 0 Å². The molecule has 0 bridgehead atoms. The molecule has 0 N–H and O–H groups in total. The fourth-order valence-corrected chi connectivity index (χ4v) is 2.59. The van der Waals surface area contributed by atoms with Crippen molar-refractivity contribution in [3.8, 4) is 5.75 Å². The Morgan fingerprint density at radius 3 is 2.65 bits per heavy atom. The van der Waals surface area contributed by atoms with Crippen LogP contribution in [0.15, 0.2) is 54.3 Å². The molecule has 1 aromatic rings. The van der Waals surface area contributed by atoms with Crippen LogP contribution in [-0.2, 0) is 0 Å². The van der Waals surface area contributed by atoms with Crippen molar-refractivity contribution in [2.45, 2.75) is 12.5 Å². The van der Waals surface area contributed by atoms with Crippen LogP contribution in [0.2, 0.25) is 0 Å². The van der Waals surface area contributed by atoms with E-state index in [1.54, 1.807) is 0 Å². The summed E-state index contributed by atoms with van der Waals surface area (Å²) in [5.74, 6) is 1.38. The summed E-state index contributed by atoms with van der Waals surface area (Å²) in [6.07, 6.45) is 12.0. The molecule has 3 rings (SSSR count). The number of benzene rings is 1. The van der Waals surface area contributed by atoms with E-state index in [0.29, 0.717) is 5.92 Å². The molecule has 2 unspecified atom stereocenters. The van der Waals surface area contributed by atoms with Gasteiger partial charge in [-0.1, -0.05) is 36.4 Å². The molecule has 1 heterocycles. The summed E-state index contributed by atoms with van der Waals surface area (Å²) in [5.41, 5.74) is 2.50. The van der Waals surface area contributed by atoms with Gasteiger partial charge in [-0.15, -0.1) is 12.4 Å². The Bertz CT molecular complexity index is 560. The van der Waals surface area contributed by atoms with E-state index in [9.17, 15) is 0 Å². The van der Waals surface area contributed by atoms with Gasteiger partial charge in [-0.3, -0.25) is 0 Å². The van der Waals surface area contributed by atoms with Crippen LogP contribution >= 0.6 is 12.4 Å². The topological polar surface area (TPSA) is 12.5 Å². The summed E-state index contributed by atoms with van der Waals surface area (Å²) >= 11 is 0. The SMILES string of the molecule is CN(C)/C1=C/c2ccccc2OC2C=CC=CC2C1.Cl. The fraction of sp³-hybridized carbons (Fsp3) is 0.294. The van der Waals surface area contributed by atoms with Crippen LogP contribution in [0.3, 0.4) is 0 Å². The Labute approximate surface area is 126 Å². The normalized spacial score (nSPS) is 25.8. The van der Waals surface area contributed by atoms with E-state index in [0.717, 1.165) is 17.7 Å². The summed E-state index contributed by atoms with van der Waals surface area (Å²) in [6.45, 7) is 0. The van der Waals surface area contributed by atoms with Crippen molar-refractivity contribution in [1.82, 2.24) is 4.90 Å². The smallest absolute Gasteiger partial charge is 0.127 e. The third-order valence-electron chi connectivity index (χ3n) is 3.72. The van der Waals surface area contributed by atoms with E-state index in [1.807, 2.05) is 12.1 Å². The molecule has 0 saturated heterocycles. The molecule has 0 saturated carbocycles. The number of ether oxygens (including phenoxy) is 1. The molecule has 1 aliphatic heterocycles. The highest BCUT2D eigenvalue weighted by Crippen LogP contribution is 2.32. The number of fused-ring (bicyclic) bond motifs is 2. The lowest BCUT2D eigenvalue weighted by atomic mass is 9.90. The molecule has 0 radical (unpaired) electrons. The van der Waals surface area contributed by atoms with Gasteiger partial charge in [0.15, 0.2) is 0 Å². The largest absolute Gasteiger partial charge is 0.485 e. The summed E-state index contributed by atoms with van der Waals surface area (Å²) in [7, 11) is 4.21. The molecule has 0 amide bonds. The molecule has 0 spiro atoms. The standard InChI is InChI=1S/C17H19NO.ClH/c1-18(2)15-11-13-7-3-5-9-16(13)19-17-10-6-4-8-14(17)12-15;/h3-11,14,17H,12H2,1-2H3;1H/b15-11+;. The number of halogens is 1. The lowest BCUT2D eigenvalue weighted by molar-refractivity contribution is 0.193. The number of nitrogens with zero attached hydrogens (tertiary/aromatic N) is 1. The number of hydrogen-bond acceptors (Lipinski definition) is 2. The Morgan fingerprint density at radius 2 is 1.85 bits per heavy atom. The third kappa shape index (κ3) is 2.91. The van der Waals surface area contributed by atoms with Crippen molar-refractivity contribution >= 4 is 18.5 Å². The zero-order valence-corrected chi connectivity index (χ0v) is 12.6. The summed E-state index contributed by atoms with van der Waals surface area (Å²) in [4.78, 5) is 2.20. The second-order valence-electron chi connectivity index (χ2n) is 5.29. The molecular formula is C17H20ClNO. The van der Waals surface area contributed by atoms with E-state index in [2.05, 4.69) is 61.5 Å². The zero-order valence-electron chi connectivity index (χ0n) is 11.8. The molecule has 3 heteroatoms. The van der Waals surface area contributed by atoms with Crippen molar-refractivity contribution in [2.75, 3.05) is 14.1 Å². The van der Waals surface area contributed by atoms with Gasteiger partial charge in [0.2, 0.25) is 0 Å². The Balaban J connectivity index is 0.00000147. The molecule has 2 nitrogen and oxygen atoms in total. The minimum absolute atomic E-state index is 0. The molecule has 0 fully saturated rings. The highest BCUT2D eigenvalue weighted by molar-refractivity contribution is 5.85. The highest BCUT2D eigenvalue weighted by Gasteiger charge is 2.25. The van der Waals surface area contributed by atoms with Gasteiger partial charge in [0, 0.05) is 31.3 Å². The molecule has 20 heavy (non-hydrogen) atoms. The van der Waals surface area contributed by atoms with Crippen molar-refractivity contribution in [1.29, 1.82) is 0 Å². The van der Waals surface area contributed by atoms with E-state index >= 15 is 0 Å². The van der Waals surface area contributed by atoms with Gasteiger partial charge < -0.3 is 9.64 Å². The van der Waals surface area contributed by atoms with E-state index in [-0.39, 0.29) is 18.5 Å². The van der Waals surface area contributed by atoms with Crippen molar-refractivity contribution in [3.05, 3.63) is 59.8 Å². The minimum Gasteiger partial charge on any atom is -0.485 e.